The molecule has 0 radical (unpaired) electrons. The first kappa shape index (κ1) is 16.3. The molecule has 2 rings (SSSR count). The highest BCUT2D eigenvalue weighted by Gasteiger charge is 2.21. The minimum atomic E-state index is -0.436. The van der Waals surface area contributed by atoms with Gasteiger partial charge in [-0.05, 0) is 36.8 Å². The molecule has 2 aromatic rings. The molecule has 1 heterocycles. The Morgan fingerprint density at radius 2 is 1.91 bits per heavy atom. The SMILES string of the molecule is Cc1c(Cl)cccc1Nc1ccc(NC(=O)C(C)(C)C)cn1. The summed E-state index contributed by atoms with van der Waals surface area (Å²) in [5.41, 5.74) is 2.12. The molecule has 2 N–H and O–H groups in total. The first-order valence-electron chi connectivity index (χ1n) is 7.07. The first-order valence-corrected chi connectivity index (χ1v) is 7.45. The molecule has 1 amide bonds. The summed E-state index contributed by atoms with van der Waals surface area (Å²) in [5, 5.41) is 6.77. The maximum atomic E-state index is 11.9. The van der Waals surface area contributed by atoms with Crippen LogP contribution in [-0.4, -0.2) is 10.9 Å². The maximum absolute atomic E-state index is 11.9. The molecule has 22 heavy (non-hydrogen) atoms. The number of carbonyl (C=O) groups is 1. The molecule has 0 aliphatic heterocycles. The monoisotopic (exact) mass is 317 g/mol. The van der Waals surface area contributed by atoms with E-state index in [9.17, 15) is 4.79 Å². The first-order chi connectivity index (χ1) is 10.3. The minimum Gasteiger partial charge on any atom is -0.340 e. The van der Waals surface area contributed by atoms with Crippen LogP contribution in [0.3, 0.4) is 0 Å². The third kappa shape index (κ3) is 3.98. The van der Waals surface area contributed by atoms with Crippen LogP contribution in [0.4, 0.5) is 17.2 Å². The molecule has 0 unspecified atom stereocenters. The van der Waals surface area contributed by atoms with Crippen molar-refractivity contribution in [1.29, 1.82) is 0 Å². The van der Waals surface area contributed by atoms with E-state index in [-0.39, 0.29) is 5.91 Å². The number of carbonyl (C=O) groups excluding carboxylic acids is 1. The lowest BCUT2D eigenvalue weighted by Gasteiger charge is -2.17. The van der Waals surface area contributed by atoms with E-state index in [2.05, 4.69) is 15.6 Å². The fraction of sp³-hybridized carbons (Fsp3) is 0.294. The van der Waals surface area contributed by atoms with Crippen LogP contribution in [0.1, 0.15) is 26.3 Å². The van der Waals surface area contributed by atoms with E-state index in [1.807, 2.05) is 58.0 Å². The predicted molar refractivity (Wildman–Crippen MR) is 91.8 cm³/mol. The van der Waals surface area contributed by atoms with Crippen LogP contribution >= 0.6 is 11.6 Å². The highest BCUT2D eigenvalue weighted by molar-refractivity contribution is 6.31. The van der Waals surface area contributed by atoms with Gasteiger partial charge in [0.25, 0.3) is 0 Å². The number of nitrogens with zero attached hydrogens (tertiary/aromatic N) is 1. The fourth-order valence-electron chi connectivity index (χ4n) is 1.74. The van der Waals surface area contributed by atoms with Crippen molar-refractivity contribution in [2.24, 2.45) is 5.41 Å². The molecule has 0 spiro atoms. The van der Waals surface area contributed by atoms with Gasteiger partial charge in [0.05, 0.1) is 11.9 Å². The smallest absolute Gasteiger partial charge is 0.229 e. The number of anilines is 3. The standard InChI is InChI=1S/C17H20ClN3O/c1-11-13(18)6-5-7-14(11)21-15-9-8-12(10-19-15)20-16(22)17(2,3)4/h5-10H,1-4H3,(H,19,21)(H,20,22). The van der Waals surface area contributed by atoms with Crippen molar-refractivity contribution in [3.8, 4) is 0 Å². The molecular formula is C17H20ClN3O. The van der Waals surface area contributed by atoms with Crippen LogP contribution in [0.15, 0.2) is 36.5 Å². The number of nitrogens with one attached hydrogen (secondary N) is 2. The number of hydrogen-bond donors (Lipinski definition) is 2. The Kier molecular flexibility index (Phi) is 4.71. The van der Waals surface area contributed by atoms with Crippen molar-refractivity contribution in [2.75, 3.05) is 10.6 Å². The van der Waals surface area contributed by atoms with E-state index < -0.39 is 5.41 Å². The van der Waals surface area contributed by atoms with Crippen LogP contribution in [0.25, 0.3) is 0 Å². The molecule has 5 heteroatoms. The second kappa shape index (κ2) is 6.36. The zero-order chi connectivity index (χ0) is 16.3. The Morgan fingerprint density at radius 3 is 2.50 bits per heavy atom. The average molecular weight is 318 g/mol. The molecular weight excluding hydrogens is 298 g/mol. The Hall–Kier alpha value is -2.07. The molecule has 1 aromatic heterocycles. The number of halogens is 1. The fourth-order valence-corrected chi connectivity index (χ4v) is 1.92. The summed E-state index contributed by atoms with van der Waals surface area (Å²) >= 11 is 6.10. The summed E-state index contributed by atoms with van der Waals surface area (Å²) in [7, 11) is 0. The molecule has 0 aliphatic rings. The number of rotatable bonds is 3. The number of amides is 1. The molecule has 0 aliphatic carbocycles. The van der Waals surface area contributed by atoms with Gasteiger partial charge in [0.2, 0.25) is 5.91 Å². The zero-order valence-corrected chi connectivity index (χ0v) is 14.0. The topological polar surface area (TPSA) is 54.0 Å². The van der Waals surface area contributed by atoms with Gasteiger partial charge in [0, 0.05) is 16.1 Å². The molecule has 0 bridgehead atoms. The number of aromatic nitrogens is 1. The van der Waals surface area contributed by atoms with Gasteiger partial charge in [0.1, 0.15) is 5.82 Å². The van der Waals surface area contributed by atoms with E-state index in [0.29, 0.717) is 16.5 Å². The zero-order valence-electron chi connectivity index (χ0n) is 13.2. The van der Waals surface area contributed by atoms with Gasteiger partial charge in [-0.3, -0.25) is 4.79 Å². The lowest BCUT2D eigenvalue weighted by molar-refractivity contribution is -0.123. The summed E-state index contributed by atoms with van der Waals surface area (Å²) in [6, 6.07) is 9.31. The summed E-state index contributed by atoms with van der Waals surface area (Å²) < 4.78 is 0. The Balaban J connectivity index is 2.09. The second-order valence-electron chi connectivity index (χ2n) is 6.17. The van der Waals surface area contributed by atoms with E-state index in [4.69, 9.17) is 11.6 Å². The van der Waals surface area contributed by atoms with E-state index >= 15 is 0 Å². The largest absolute Gasteiger partial charge is 0.340 e. The van der Waals surface area contributed by atoms with Crippen molar-refractivity contribution in [3.63, 3.8) is 0 Å². The van der Waals surface area contributed by atoms with Gasteiger partial charge >= 0.3 is 0 Å². The van der Waals surface area contributed by atoms with E-state index in [1.165, 1.54) is 0 Å². The lowest BCUT2D eigenvalue weighted by Crippen LogP contribution is -2.27. The maximum Gasteiger partial charge on any atom is 0.229 e. The van der Waals surface area contributed by atoms with Gasteiger partial charge in [0.15, 0.2) is 0 Å². The Labute approximate surface area is 135 Å². The van der Waals surface area contributed by atoms with Crippen molar-refractivity contribution < 1.29 is 4.79 Å². The summed E-state index contributed by atoms with van der Waals surface area (Å²) in [5.74, 6) is 0.653. The second-order valence-corrected chi connectivity index (χ2v) is 6.58. The Bertz CT molecular complexity index is 675. The molecule has 0 saturated heterocycles. The van der Waals surface area contributed by atoms with E-state index in [1.54, 1.807) is 6.20 Å². The normalized spacial score (nSPS) is 11.1. The summed E-state index contributed by atoms with van der Waals surface area (Å²) in [6.45, 7) is 7.55. The van der Waals surface area contributed by atoms with Crippen molar-refractivity contribution in [3.05, 3.63) is 47.1 Å². The van der Waals surface area contributed by atoms with Crippen molar-refractivity contribution in [1.82, 2.24) is 4.98 Å². The number of pyridine rings is 1. The van der Waals surface area contributed by atoms with Gasteiger partial charge in [-0.25, -0.2) is 4.98 Å². The van der Waals surface area contributed by atoms with Gasteiger partial charge in [-0.15, -0.1) is 0 Å². The predicted octanol–water partition coefficient (Wildman–Crippen LogP) is 4.77. The van der Waals surface area contributed by atoms with Crippen molar-refractivity contribution >= 4 is 34.7 Å². The van der Waals surface area contributed by atoms with Gasteiger partial charge in [-0.2, -0.15) is 0 Å². The molecule has 1 aromatic carbocycles. The van der Waals surface area contributed by atoms with Gasteiger partial charge < -0.3 is 10.6 Å². The van der Waals surface area contributed by atoms with Crippen LogP contribution in [0.2, 0.25) is 5.02 Å². The third-order valence-corrected chi connectivity index (χ3v) is 3.64. The van der Waals surface area contributed by atoms with Gasteiger partial charge in [-0.1, -0.05) is 38.4 Å². The van der Waals surface area contributed by atoms with E-state index in [0.717, 1.165) is 11.3 Å². The Morgan fingerprint density at radius 1 is 1.18 bits per heavy atom. The molecule has 116 valence electrons. The van der Waals surface area contributed by atoms with Crippen LogP contribution in [-0.2, 0) is 4.79 Å². The summed E-state index contributed by atoms with van der Waals surface area (Å²) in [4.78, 5) is 16.2. The minimum absolute atomic E-state index is 0.0410. The molecule has 0 fully saturated rings. The van der Waals surface area contributed by atoms with Crippen LogP contribution in [0, 0.1) is 12.3 Å². The van der Waals surface area contributed by atoms with Crippen LogP contribution < -0.4 is 10.6 Å². The molecule has 0 atom stereocenters. The third-order valence-electron chi connectivity index (χ3n) is 3.23. The quantitative estimate of drug-likeness (QED) is 0.857. The highest BCUT2D eigenvalue weighted by Crippen LogP contribution is 2.26. The molecule has 0 saturated carbocycles. The molecule has 4 nitrogen and oxygen atoms in total. The number of benzene rings is 1. The van der Waals surface area contributed by atoms with Crippen molar-refractivity contribution in [2.45, 2.75) is 27.7 Å². The lowest BCUT2D eigenvalue weighted by atomic mass is 9.96. The summed E-state index contributed by atoms with van der Waals surface area (Å²) in [6.07, 6.45) is 1.63. The number of hydrogen-bond acceptors (Lipinski definition) is 3. The van der Waals surface area contributed by atoms with Crippen LogP contribution in [0.5, 0.6) is 0 Å². The average Bonchev–Trinajstić information content (AvgIpc) is 2.45. The highest BCUT2D eigenvalue weighted by atomic mass is 35.5.